The number of rotatable bonds is 32. The van der Waals surface area contributed by atoms with E-state index in [9.17, 15) is 29.4 Å². The van der Waals surface area contributed by atoms with Crippen LogP contribution < -0.4 is 10.2 Å². The molecule has 0 unspecified atom stereocenters. The van der Waals surface area contributed by atoms with E-state index in [1.54, 1.807) is 0 Å². The number of carbonyl (C=O) groups is 4. The molecule has 0 amide bonds. The van der Waals surface area contributed by atoms with Crippen molar-refractivity contribution in [3.05, 3.63) is 48.6 Å². The van der Waals surface area contributed by atoms with E-state index in [2.05, 4.69) is 51.3 Å². The van der Waals surface area contributed by atoms with E-state index in [0.29, 0.717) is 0 Å². The smallest absolute Gasteiger partial charge is 0.550 e. The summed E-state index contributed by atoms with van der Waals surface area (Å²) in [6, 6.07) is 0. The van der Waals surface area contributed by atoms with Gasteiger partial charge in [0, 0.05) is 23.1 Å². The van der Waals surface area contributed by atoms with Crippen molar-refractivity contribution in [3.63, 3.8) is 0 Å². The minimum atomic E-state index is -0.935. The largest absolute Gasteiger partial charge is 2.00 e. The van der Waals surface area contributed by atoms with Crippen molar-refractivity contribution in [2.24, 2.45) is 0 Å². The second-order valence-electron chi connectivity index (χ2n) is 13.6. The van der Waals surface area contributed by atoms with Crippen molar-refractivity contribution in [3.8, 4) is 0 Å². The maximum atomic E-state index is 10.2. The number of carboxylic acid groups (broad SMARTS) is 4. The third-order valence-corrected chi connectivity index (χ3v) is 8.02. The SMILES string of the molecule is C=C(C)C(=O)O.C=C(C)C(=O)O.CCCCCCCC/C=C/CCCCCCCC(=O)[O-].CCCCCCCC/C=C/CCCCCCCC(=O)[O-].[Cu+2]. The molecular weight excluding hydrogens is 720 g/mol. The van der Waals surface area contributed by atoms with Gasteiger partial charge in [0.2, 0.25) is 0 Å². The molecule has 0 aromatic heterocycles. The molecule has 0 fully saturated rings. The first-order chi connectivity index (χ1) is 24.8. The van der Waals surface area contributed by atoms with Gasteiger partial charge in [-0.3, -0.25) is 0 Å². The van der Waals surface area contributed by atoms with Crippen LogP contribution in [0.3, 0.4) is 0 Å². The van der Waals surface area contributed by atoms with Crippen LogP contribution in [0.1, 0.15) is 207 Å². The van der Waals surface area contributed by atoms with E-state index in [1.165, 1.54) is 142 Å². The average molecular weight is 799 g/mol. The van der Waals surface area contributed by atoms with E-state index in [0.717, 1.165) is 38.5 Å². The molecule has 0 aliphatic rings. The molecule has 8 nitrogen and oxygen atoms in total. The molecule has 0 bridgehead atoms. The second kappa shape index (κ2) is 51.5. The third-order valence-electron chi connectivity index (χ3n) is 8.02. The quantitative estimate of drug-likeness (QED) is 0.0295. The topological polar surface area (TPSA) is 155 Å². The average Bonchev–Trinajstić information content (AvgIpc) is 3.08. The normalized spacial score (nSPS) is 10.2. The van der Waals surface area contributed by atoms with Crippen LogP contribution in [0.15, 0.2) is 48.6 Å². The predicted octanol–water partition coefficient (Wildman–Crippen LogP) is 10.8. The number of hydrogen-bond donors (Lipinski definition) is 2. The van der Waals surface area contributed by atoms with Gasteiger partial charge in [0.25, 0.3) is 0 Å². The summed E-state index contributed by atoms with van der Waals surface area (Å²) in [4.78, 5) is 39.6. The van der Waals surface area contributed by atoms with Crippen molar-refractivity contribution in [1.29, 1.82) is 0 Å². The van der Waals surface area contributed by atoms with Crippen LogP contribution in [0.2, 0.25) is 0 Å². The summed E-state index contributed by atoms with van der Waals surface area (Å²) in [5.74, 6) is -3.70. The Morgan fingerprint density at radius 3 is 0.811 bits per heavy atom. The van der Waals surface area contributed by atoms with Crippen LogP contribution in [0.25, 0.3) is 0 Å². The Morgan fingerprint density at radius 2 is 0.623 bits per heavy atom. The minimum Gasteiger partial charge on any atom is -0.550 e. The Hall–Kier alpha value is -2.64. The first-order valence-electron chi connectivity index (χ1n) is 20.3. The molecule has 9 heteroatoms. The molecule has 53 heavy (non-hydrogen) atoms. The summed E-state index contributed by atoms with van der Waals surface area (Å²) in [6.45, 7) is 13.7. The molecule has 0 atom stereocenters. The van der Waals surface area contributed by atoms with Crippen molar-refractivity contribution < 1.29 is 56.7 Å². The molecule has 2 N–H and O–H groups in total. The van der Waals surface area contributed by atoms with Crippen LogP contribution in [-0.2, 0) is 36.2 Å². The number of unbranched alkanes of at least 4 members (excludes halogenated alkanes) is 22. The summed E-state index contributed by atoms with van der Waals surface area (Å²) in [5, 5.41) is 36.2. The fourth-order valence-electron chi connectivity index (χ4n) is 4.68. The molecule has 313 valence electrons. The maximum Gasteiger partial charge on any atom is 2.00 e. The number of allylic oxidation sites excluding steroid dienone is 4. The van der Waals surface area contributed by atoms with Gasteiger partial charge >= 0.3 is 29.0 Å². The Balaban J connectivity index is -0.000000218. The number of carbonyl (C=O) groups excluding carboxylic acids is 2. The third kappa shape index (κ3) is 71.5. The van der Waals surface area contributed by atoms with Gasteiger partial charge in [-0.1, -0.05) is 154 Å². The van der Waals surface area contributed by atoms with Crippen molar-refractivity contribution in [1.82, 2.24) is 0 Å². The van der Waals surface area contributed by atoms with Gasteiger partial charge in [-0.15, -0.1) is 0 Å². The van der Waals surface area contributed by atoms with Gasteiger partial charge in [0.1, 0.15) is 0 Å². The summed E-state index contributed by atoms with van der Waals surface area (Å²) < 4.78 is 0. The summed E-state index contributed by atoms with van der Waals surface area (Å²) in [6.07, 6.45) is 41.8. The zero-order chi connectivity index (χ0) is 40.1. The van der Waals surface area contributed by atoms with E-state index < -0.39 is 23.9 Å². The molecule has 0 aromatic rings. The Morgan fingerprint density at radius 1 is 0.434 bits per heavy atom. The molecular formula is C44H78CuO8. The Kier molecular flexibility index (Phi) is 57.9. The van der Waals surface area contributed by atoms with Crippen LogP contribution in [0, 0.1) is 0 Å². The van der Waals surface area contributed by atoms with Gasteiger partial charge in [-0.25, -0.2) is 9.59 Å². The van der Waals surface area contributed by atoms with Crippen LogP contribution >= 0.6 is 0 Å². The molecule has 0 rings (SSSR count). The number of aliphatic carboxylic acids is 4. The van der Waals surface area contributed by atoms with E-state index in [4.69, 9.17) is 10.2 Å². The fourth-order valence-corrected chi connectivity index (χ4v) is 4.68. The van der Waals surface area contributed by atoms with Crippen molar-refractivity contribution in [2.75, 3.05) is 0 Å². The summed E-state index contributed by atoms with van der Waals surface area (Å²) in [7, 11) is 0. The van der Waals surface area contributed by atoms with Crippen LogP contribution in [-0.4, -0.2) is 34.1 Å². The Bertz CT molecular complexity index is 828. The number of carboxylic acids is 4. The van der Waals surface area contributed by atoms with Gasteiger partial charge in [0.15, 0.2) is 0 Å². The van der Waals surface area contributed by atoms with Gasteiger partial charge < -0.3 is 30.0 Å². The van der Waals surface area contributed by atoms with E-state index in [1.807, 2.05) is 0 Å². The molecule has 0 aliphatic carbocycles. The summed E-state index contributed by atoms with van der Waals surface area (Å²) in [5.41, 5.74) is 0.352. The van der Waals surface area contributed by atoms with Gasteiger partial charge in [0.05, 0.1) is 0 Å². The van der Waals surface area contributed by atoms with Gasteiger partial charge in [-0.2, -0.15) is 0 Å². The molecule has 0 spiro atoms. The van der Waals surface area contributed by atoms with Gasteiger partial charge in [-0.05, 0) is 90.9 Å². The molecule has 0 saturated heterocycles. The van der Waals surface area contributed by atoms with Crippen LogP contribution in [0.4, 0.5) is 0 Å². The molecule has 0 aromatic carbocycles. The molecule has 0 aliphatic heterocycles. The zero-order valence-corrected chi connectivity index (χ0v) is 35.1. The standard InChI is InChI=1S/2C18H34O2.2C4H6O2.Cu/c2*1-2-3-4-5-6-7-8-9-10-11-12-13-14-15-16-17-18(19)20;2*1-3(2)4(5)6;/h2*9-10H,2-8,11-17H2,1H3,(H,19,20);2*1H2,2H3,(H,5,6);/q;;;;+2/p-2/b2*10-9+;;;. The Labute approximate surface area is 335 Å². The summed E-state index contributed by atoms with van der Waals surface area (Å²) >= 11 is 0. The maximum absolute atomic E-state index is 10.2. The predicted molar refractivity (Wildman–Crippen MR) is 214 cm³/mol. The first-order valence-corrected chi connectivity index (χ1v) is 20.3. The minimum absolute atomic E-state index is 0. The molecule has 0 saturated carbocycles. The zero-order valence-electron chi connectivity index (χ0n) is 34.2. The van der Waals surface area contributed by atoms with Crippen molar-refractivity contribution in [2.45, 2.75) is 207 Å². The molecule has 1 radical (unpaired) electrons. The van der Waals surface area contributed by atoms with Crippen molar-refractivity contribution >= 4 is 23.9 Å². The van der Waals surface area contributed by atoms with Crippen LogP contribution in [0.5, 0.6) is 0 Å². The monoisotopic (exact) mass is 797 g/mol. The van der Waals surface area contributed by atoms with E-state index in [-0.39, 0.29) is 41.1 Å². The first kappa shape index (κ1) is 59.6. The number of hydrogen-bond acceptors (Lipinski definition) is 6. The second-order valence-corrected chi connectivity index (χ2v) is 13.6. The van der Waals surface area contributed by atoms with E-state index >= 15 is 0 Å². The fraction of sp³-hybridized carbons (Fsp3) is 0.727. The molecule has 0 heterocycles.